The van der Waals surface area contributed by atoms with Crippen LogP contribution < -0.4 is 5.73 Å². The highest BCUT2D eigenvalue weighted by Crippen LogP contribution is 1.96. The number of aliphatic imine (C=N–C) groups is 1. The Bertz CT molecular complexity index is 344. The van der Waals surface area contributed by atoms with Crippen LogP contribution in [0.3, 0.4) is 0 Å². The van der Waals surface area contributed by atoms with Gasteiger partial charge in [0.05, 0.1) is 19.4 Å². The SMILES string of the molecule is NC(=NCCCn1ccnn1)N1CCOCC1. The summed E-state index contributed by atoms with van der Waals surface area (Å²) >= 11 is 0. The first-order valence-electron chi connectivity index (χ1n) is 5.83. The molecule has 0 radical (unpaired) electrons. The molecule has 94 valence electrons. The first-order valence-corrected chi connectivity index (χ1v) is 5.83. The molecule has 0 unspecified atom stereocenters. The molecule has 0 saturated carbocycles. The van der Waals surface area contributed by atoms with Crippen LogP contribution in [0.25, 0.3) is 0 Å². The number of hydrogen-bond acceptors (Lipinski definition) is 4. The number of nitrogens with zero attached hydrogens (tertiary/aromatic N) is 5. The zero-order chi connectivity index (χ0) is 11.9. The summed E-state index contributed by atoms with van der Waals surface area (Å²) in [5, 5.41) is 7.62. The van der Waals surface area contributed by atoms with E-state index in [-0.39, 0.29) is 0 Å². The molecule has 1 aliphatic heterocycles. The van der Waals surface area contributed by atoms with Crippen molar-refractivity contribution in [3.05, 3.63) is 12.4 Å². The van der Waals surface area contributed by atoms with E-state index in [9.17, 15) is 0 Å². The molecule has 1 aromatic heterocycles. The molecule has 2 rings (SSSR count). The van der Waals surface area contributed by atoms with Crippen LogP contribution >= 0.6 is 0 Å². The summed E-state index contributed by atoms with van der Waals surface area (Å²) < 4.78 is 7.05. The standard InChI is InChI=1S/C10H18N6O/c11-10(15-6-8-17-9-7-15)12-2-1-4-16-5-3-13-14-16/h3,5H,1-2,4,6-9H2,(H2,11,12). The Morgan fingerprint density at radius 3 is 2.94 bits per heavy atom. The summed E-state index contributed by atoms with van der Waals surface area (Å²) in [5.41, 5.74) is 5.89. The normalized spacial score (nSPS) is 17.4. The van der Waals surface area contributed by atoms with Crippen molar-refractivity contribution in [2.75, 3.05) is 32.8 Å². The van der Waals surface area contributed by atoms with Gasteiger partial charge in [-0.2, -0.15) is 0 Å². The Morgan fingerprint density at radius 1 is 1.41 bits per heavy atom. The van der Waals surface area contributed by atoms with Gasteiger partial charge in [0.15, 0.2) is 5.96 Å². The average molecular weight is 238 g/mol. The number of morpholine rings is 1. The second kappa shape index (κ2) is 6.19. The highest BCUT2D eigenvalue weighted by atomic mass is 16.5. The van der Waals surface area contributed by atoms with Gasteiger partial charge in [-0.15, -0.1) is 5.10 Å². The van der Waals surface area contributed by atoms with E-state index in [0.717, 1.165) is 39.3 Å². The molecular formula is C10H18N6O. The van der Waals surface area contributed by atoms with Crippen molar-refractivity contribution in [2.24, 2.45) is 10.7 Å². The van der Waals surface area contributed by atoms with Crippen molar-refractivity contribution in [2.45, 2.75) is 13.0 Å². The molecule has 2 N–H and O–H groups in total. The van der Waals surface area contributed by atoms with Crippen LogP contribution in [0.1, 0.15) is 6.42 Å². The number of guanidine groups is 1. The third kappa shape index (κ3) is 3.70. The lowest BCUT2D eigenvalue weighted by Gasteiger charge is -2.27. The highest BCUT2D eigenvalue weighted by molar-refractivity contribution is 5.78. The highest BCUT2D eigenvalue weighted by Gasteiger charge is 2.11. The first-order chi connectivity index (χ1) is 8.36. The molecule has 1 saturated heterocycles. The van der Waals surface area contributed by atoms with Crippen LogP contribution in [0.2, 0.25) is 0 Å². The van der Waals surface area contributed by atoms with Crippen LogP contribution in [-0.2, 0) is 11.3 Å². The van der Waals surface area contributed by atoms with Gasteiger partial charge in [-0.3, -0.25) is 9.67 Å². The lowest BCUT2D eigenvalue weighted by Crippen LogP contribution is -2.44. The van der Waals surface area contributed by atoms with Crippen LogP contribution in [0, 0.1) is 0 Å². The van der Waals surface area contributed by atoms with E-state index in [4.69, 9.17) is 10.5 Å². The van der Waals surface area contributed by atoms with E-state index in [0.29, 0.717) is 12.5 Å². The van der Waals surface area contributed by atoms with Gasteiger partial charge >= 0.3 is 0 Å². The monoisotopic (exact) mass is 238 g/mol. The Kier molecular flexibility index (Phi) is 4.31. The third-order valence-electron chi connectivity index (χ3n) is 2.63. The van der Waals surface area contributed by atoms with Crippen molar-refractivity contribution in [3.8, 4) is 0 Å². The lowest BCUT2D eigenvalue weighted by atomic mass is 10.4. The molecule has 0 aromatic carbocycles. The maximum absolute atomic E-state index is 5.89. The first kappa shape index (κ1) is 11.8. The molecule has 0 spiro atoms. The summed E-state index contributed by atoms with van der Waals surface area (Å²) in [6.07, 6.45) is 4.43. The van der Waals surface area contributed by atoms with Gasteiger partial charge in [-0.05, 0) is 6.42 Å². The van der Waals surface area contributed by atoms with E-state index in [1.807, 2.05) is 6.20 Å². The Hall–Kier alpha value is -1.63. The second-order valence-corrected chi connectivity index (χ2v) is 3.86. The van der Waals surface area contributed by atoms with Gasteiger partial charge < -0.3 is 15.4 Å². The fraction of sp³-hybridized carbons (Fsp3) is 0.700. The second-order valence-electron chi connectivity index (χ2n) is 3.86. The van der Waals surface area contributed by atoms with Crippen LogP contribution in [0.4, 0.5) is 0 Å². The molecule has 0 atom stereocenters. The quantitative estimate of drug-likeness (QED) is 0.427. The molecule has 0 bridgehead atoms. The molecule has 1 fully saturated rings. The molecule has 7 nitrogen and oxygen atoms in total. The molecule has 0 amide bonds. The predicted molar refractivity (Wildman–Crippen MR) is 63.5 cm³/mol. The number of nitrogens with two attached hydrogens (primary N) is 1. The summed E-state index contributed by atoms with van der Waals surface area (Å²) in [6.45, 7) is 4.66. The topological polar surface area (TPSA) is 81.6 Å². The van der Waals surface area contributed by atoms with Crippen LogP contribution in [0.15, 0.2) is 17.4 Å². The summed E-state index contributed by atoms with van der Waals surface area (Å²) in [5.74, 6) is 0.617. The summed E-state index contributed by atoms with van der Waals surface area (Å²) in [4.78, 5) is 6.41. The Labute approximate surface area is 100 Å². The van der Waals surface area contributed by atoms with Gasteiger partial charge in [0.25, 0.3) is 0 Å². The fourth-order valence-electron chi connectivity index (χ4n) is 1.67. The minimum absolute atomic E-state index is 0.617. The average Bonchev–Trinajstić information content (AvgIpc) is 2.88. The van der Waals surface area contributed by atoms with Crippen molar-refractivity contribution >= 4 is 5.96 Å². The maximum atomic E-state index is 5.89. The van der Waals surface area contributed by atoms with Gasteiger partial charge in [-0.25, -0.2) is 0 Å². The third-order valence-corrected chi connectivity index (χ3v) is 2.63. The number of ether oxygens (including phenoxy) is 1. The van der Waals surface area contributed by atoms with E-state index in [1.165, 1.54) is 0 Å². The minimum atomic E-state index is 0.617. The number of aromatic nitrogens is 3. The molecule has 2 heterocycles. The van der Waals surface area contributed by atoms with Gasteiger partial charge in [0.1, 0.15) is 0 Å². The molecule has 1 aromatic rings. The number of aryl methyl sites for hydroxylation is 1. The van der Waals surface area contributed by atoms with Gasteiger partial charge in [-0.1, -0.05) is 5.21 Å². The van der Waals surface area contributed by atoms with Crippen molar-refractivity contribution < 1.29 is 4.74 Å². The van der Waals surface area contributed by atoms with Crippen molar-refractivity contribution in [1.82, 2.24) is 19.9 Å². The number of hydrogen-bond donors (Lipinski definition) is 1. The summed E-state index contributed by atoms with van der Waals surface area (Å²) in [6, 6.07) is 0. The predicted octanol–water partition coefficient (Wildman–Crippen LogP) is -0.685. The van der Waals surface area contributed by atoms with Gasteiger partial charge in [0, 0.05) is 32.4 Å². The van der Waals surface area contributed by atoms with Crippen molar-refractivity contribution in [1.29, 1.82) is 0 Å². The largest absolute Gasteiger partial charge is 0.378 e. The van der Waals surface area contributed by atoms with E-state index < -0.39 is 0 Å². The van der Waals surface area contributed by atoms with E-state index in [1.54, 1.807) is 10.9 Å². The Balaban J connectivity index is 1.68. The molecule has 17 heavy (non-hydrogen) atoms. The van der Waals surface area contributed by atoms with Crippen molar-refractivity contribution in [3.63, 3.8) is 0 Å². The van der Waals surface area contributed by atoms with E-state index >= 15 is 0 Å². The molecule has 0 aliphatic carbocycles. The minimum Gasteiger partial charge on any atom is -0.378 e. The molecular weight excluding hydrogens is 220 g/mol. The fourth-order valence-corrected chi connectivity index (χ4v) is 1.67. The lowest BCUT2D eigenvalue weighted by molar-refractivity contribution is 0.0674. The summed E-state index contributed by atoms with van der Waals surface area (Å²) in [7, 11) is 0. The van der Waals surface area contributed by atoms with Crippen LogP contribution in [-0.4, -0.2) is 58.7 Å². The zero-order valence-corrected chi connectivity index (χ0v) is 9.83. The maximum Gasteiger partial charge on any atom is 0.191 e. The smallest absolute Gasteiger partial charge is 0.191 e. The molecule has 7 heteroatoms. The van der Waals surface area contributed by atoms with E-state index in [2.05, 4.69) is 20.2 Å². The zero-order valence-electron chi connectivity index (χ0n) is 9.83. The van der Waals surface area contributed by atoms with Gasteiger partial charge in [0.2, 0.25) is 0 Å². The van der Waals surface area contributed by atoms with Crippen LogP contribution in [0.5, 0.6) is 0 Å². The number of rotatable bonds is 4. The molecule has 1 aliphatic rings. The Morgan fingerprint density at radius 2 is 2.24 bits per heavy atom.